The van der Waals surface area contributed by atoms with Crippen LogP contribution in [0.3, 0.4) is 0 Å². The van der Waals surface area contributed by atoms with Gasteiger partial charge in [0.2, 0.25) is 5.91 Å². The van der Waals surface area contributed by atoms with E-state index in [-0.39, 0.29) is 5.91 Å². The molecule has 0 heterocycles. The number of nitrogens with zero attached hydrogens (tertiary/aromatic N) is 1. The summed E-state index contributed by atoms with van der Waals surface area (Å²) in [6.45, 7) is 3.89. The van der Waals surface area contributed by atoms with E-state index in [0.717, 1.165) is 12.1 Å². The van der Waals surface area contributed by atoms with Crippen LogP contribution in [0.4, 0.5) is 11.4 Å². The van der Waals surface area contributed by atoms with Crippen molar-refractivity contribution in [2.75, 3.05) is 10.6 Å². The van der Waals surface area contributed by atoms with Crippen molar-refractivity contribution in [2.45, 2.75) is 26.3 Å². The summed E-state index contributed by atoms with van der Waals surface area (Å²) in [7, 11) is 0. The van der Waals surface area contributed by atoms with E-state index in [4.69, 9.17) is 5.26 Å². The molecule has 1 amide bonds. The van der Waals surface area contributed by atoms with Crippen LogP contribution in [-0.4, -0.2) is 11.9 Å². The van der Waals surface area contributed by atoms with Crippen molar-refractivity contribution in [3.63, 3.8) is 0 Å². The first kappa shape index (κ1) is 15.6. The summed E-state index contributed by atoms with van der Waals surface area (Å²) in [5.41, 5.74) is 3.12. The van der Waals surface area contributed by atoms with E-state index in [2.05, 4.69) is 29.7 Å². The predicted octanol–water partition coefficient (Wildman–Crippen LogP) is 3.56. The first-order valence-corrected chi connectivity index (χ1v) is 7.29. The molecule has 0 bridgehead atoms. The molecule has 0 spiro atoms. The molecule has 22 heavy (non-hydrogen) atoms. The molecule has 2 rings (SSSR count). The molecule has 2 aromatic carbocycles. The molecule has 0 unspecified atom stereocenters. The number of aryl methyl sites for hydroxylation is 1. The van der Waals surface area contributed by atoms with Crippen LogP contribution in [0.1, 0.15) is 25.0 Å². The minimum Gasteiger partial charge on any atom is -0.374 e. The Bertz CT molecular complexity index is 703. The fourth-order valence-electron chi connectivity index (χ4n) is 2.13. The lowest BCUT2D eigenvalue weighted by molar-refractivity contribution is -0.116. The van der Waals surface area contributed by atoms with Gasteiger partial charge in [0.05, 0.1) is 11.3 Å². The van der Waals surface area contributed by atoms with Gasteiger partial charge in [0, 0.05) is 5.69 Å². The number of hydrogen-bond acceptors (Lipinski definition) is 3. The number of nitriles is 1. The van der Waals surface area contributed by atoms with Gasteiger partial charge in [0.1, 0.15) is 12.1 Å². The van der Waals surface area contributed by atoms with E-state index in [1.54, 1.807) is 31.2 Å². The van der Waals surface area contributed by atoms with Crippen molar-refractivity contribution in [1.82, 2.24) is 0 Å². The number of carbonyl (C=O) groups excluding carboxylic acids is 1. The zero-order chi connectivity index (χ0) is 15.9. The Morgan fingerprint density at radius 1 is 1.23 bits per heavy atom. The van der Waals surface area contributed by atoms with Gasteiger partial charge in [-0.05, 0) is 43.2 Å². The number of benzene rings is 2. The summed E-state index contributed by atoms with van der Waals surface area (Å²) in [4.78, 5) is 12.3. The van der Waals surface area contributed by atoms with E-state index in [1.165, 1.54) is 5.56 Å². The molecular formula is C18H19N3O. The molecule has 2 N–H and O–H groups in total. The molecule has 0 aliphatic rings. The summed E-state index contributed by atoms with van der Waals surface area (Å²) in [5, 5.41) is 15.0. The lowest BCUT2D eigenvalue weighted by Gasteiger charge is -2.16. The van der Waals surface area contributed by atoms with Gasteiger partial charge in [-0.3, -0.25) is 4.79 Å². The summed E-state index contributed by atoms with van der Waals surface area (Å²) in [6, 6.07) is 16.6. The molecule has 0 aliphatic carbocycles. The summed E-state index contributed by atoms with van der Waals surface area (Å²) < 4.78 is 0. The lowest BCUT2D eigenvalue weighted by atomic mass is 10.1. The zero-order valence-electron chi connectivity index (χ0n) is 12.8. The summed E-state index contributed by atoms with van der Waals surface area (Å²) in [6.07, 6.45) is 0.950. The molecule has 0 saturated heterocycles. The Morgan fingerprint density at radius 3 is 2.73 bits per heavy atom. The van der Waals surface area contributed by atoms with Gasteiger partial charge in [0.25, 0.3) is 0 Å². The highest BCUT2D eigenvalue weighted by atomic mass is 16.2. The second-order valence-electron chi connectivity index (χ2n) is 5.07. The number of rotatable bonds is 5. The number of anilines is 2. The first-order valence-electron chi connectivity index (χ1n) is 7.29. The molecule has 112 valence electrons. The quantitative estimate of drug-likeness (QED) is 0.886. The number of hydrogen-bond donors (Lipinski definition) is 2. The number of amides is 1. The summed E-state index contributed by atoms with van der Waals surface area (Å²) >= 11 is 0. The van der Waals surface area contributed by atoms with E-state index in [9.17, 15) is 4.79 Å². The third-order valence-corrected chi connectivity index (χ3v) is 3.42. The Kier molecular flexibility index (Phi) is 5.16. The molecule has 0 radical (unpaired) electrons. The number of para-hydroxylation sites is 1. The van der Waals surface area contributed by atoms with Crippen LogP contribution in [-0.2, 0) is 11.2 Å². The first-order chi connectivity index (χ1) is 10.6. The predicted molar refractivity (Wildman–Crippen MR) is 88.7 cm³/mol. The topological polar surface area (TPSA) is 64.9 Å². The SMILES string of the molecule is CCc1cccc(N[C@@H](C)C(=O)Nc2ccccc2C#N)c1. The Balaban J connectivity index is 2.04. The zero-order valence-corrected chi connectivity index (χ0v) is 12.8. The highest BCUT2D eigenvalue weighted by molar-refractivity contribution is 5.97. The number of carbonyl (C=O) groups is 1. The molecule has 0 aromatic heterocycles. The van der Waals surface area contributed by atoms with Crippen LogP contribution < -0.4 is 10.6 Å². The maximum absolute atomic E-state index is 12.3. The van der Waals surface area contributed by atoms with Gasteiger partial charge >= 0.3 is 0 Å². The highest BCUT2D eigenvalue weighted by Gasteiger charge is 2.14. The van der Waals surface area contributed by atoms with Crippen LogP contribution in [0, 0.1) is 11.3 Å². The van der Waals surface area contributed by atoms with Gasteiger partial charge in [-0.15, -0.1) is 0 Å². The third kappa shape index (κ3) is 3.86. The minimum atomic E-state index is -0.404. The highest BCUT2D eigenvalue weighted by Crippen LogP contribution is 2.16. The van der Waals surface area contributed by atoms with Gasteiger partial charge in [-0.2, -0.15) is 5.26 Å². The Morgan fingerprint density at radius 2 is 2.00 bits per heavy atom. The van der Waals surface area contributed by atoms with Crippen molar-refractivity contribution >= 4 is 17.3 Å². The van der Waals surface area contributed by atoms with Crippen molar-refractivity contribution in [1.29, 1.82) is 5.26 Å². The van der Waals surface area contributed by atoms with Crippen LogP contribution in [0.5, 0.6) is 0 Å². The van der Waals surface area contributed by atoms with Crippen molar-refractivity contribution in [2.24, 2.45) is 0 Å². The van der Waals surface area contributed by atoms with Gasteiger partial charge in [-0.1, -0.05) is 31.2 Å². The molecule has 4 nitrogen and oxygen atoms in total. The van der Waals surface area contributed by atoms with Crippen LogP contribution in [0.2, 0.25) is 0 Å². The Hall–Kier alpha value is -2.80. The second-order valence-corrected chi connectivity index (χ2v) is 5.07. The minimum absolute atomic E-state index is 0.176. The molecule has 1 atom stereocenters. The normalized spacial score (nSPS) is 11.3. The van der Waals surface area contributed by atoms with E-state index >= 15 is 0 Å². The fourth-order valence-corrected chi connectivity index (χ4v) is 2.13. The molecule has 0 saturated carbocycles. The molecule has 4 heteroatoms. The largest absolute Gasteiger partial charge is 0.374 e. The molecule has 2 aromatic rings. The van der Waals surface area contributed by atoms with Crippen LogP contribution in [0.25, 0.3) is 0 Å². The van der Waals surface area contributed by atoms with Gasteiger partial charge in [0.15, 0.2) is 0 Å². The van der Waals surface area contributed by atoms with Crippen molar-refractivity contribution in [3.05, 3.63) is 59.7 Å². The lowest BCUT2D eigenvalue weighted by Crippen LogP contribution is -2.32. The van der Waals surface area contributed by atoms with Gasteiger partial charge in [-0.25, -0.2) is 0 Å². The number of nitrogens with one attached hydrogen (secondary N) is 2. The fraction of sp³-hybridized carbons (Fsp3) is 0.222. The maximum atomic E-state index is 12.3. The smallest absolute Gasteiger partial charge is 0.246 e. The second kappa shape index (κ2) is 7.28. The Labute approximate surface area is 130 Å². The summed E-state index contributed by atoms with van der Waals surface area (Å²) in [5.74, 6) is -0.176. The van der Waals surface area contributed by atoms with Gasteiger partial charge < -0.3 is 10.6 Å². The average Bonchev–Trinajstić information content (AvgIpc) is 2.55. The van der Waals surface area contributed by atoms with Crippen molar-refractivity contribution < 1.29 is 4.79 Å². The van der Waals surface area contributed by atoms with Crippen LogP contribution in [0.15, 0.2) is 48.5 Å². The monoisotopic (exact) mass is 293 g/mol. The van der Waals surface area contributed by atoms with Crippen LogP contribution >= 0.6 is 0 Å². The molecule has 0 fully saturated rings. The molecule has 0 aliphatic heterocycles. The standard InChI is InChI=1S/C18H19N3O/c1-3-14-7-6-9-16(11-14)20-13(2)18(22)21-17-10-5-4-8-15(17)12-19/h4-11,13,20H,3H2,1-2H3,(H,21,22)/t13-/m0/s1. The average molecular weight is 293 g/mol. The van der Waals surface area contributed by atoms with Crippen molar-refractivity contribution in [3.8, 4) is 6.07 Å². The van der Waals surface area contributed by atoms with E-state index < -0.39 is 6.04 Å². The third-order valence-electron chi connectivity index (χ3n) is 3.42. The molecular weight excluding hydrogens is 274 g/mol. The maximum Gasteiger partial charge on any atom is 0.246 e. The van der Waals surface area contributed by atoms with E-state index in [1.807, 2.05) is 18.2 Å². The van der Waals surface area contributed by atoms with E-state index in [0.29, 0.717) is 11.3 Å².